The van der Waals surface area contributed by atoms with Crippen LogP contribution in [-0.4, -0.2) is 60.9 Å². The summed E-state index contributed by atoms with van der Waals surface area (Å²) in [5.74, 6) is 4.74. The summed E-state index contributed by atoms with van der Waals surface area (Å²) in [5, 5.41) is 0. The molecular formula is C22H29N5O2. The van der Waals surface area contributed by atoms with E-state index < -0.39 is 0 Å². The van der Waals surface area contributed by atoms with Gasteiger partial charge in [-0.15, -0.1) is 0 Å². The van der Waals surface area contributed by atoms with E-state index in [9.17, 15) is 0 Å². The Hall–Kier alpha value is -2.54. The molecule has 0 N–H and O–H groups in total. The summed E-state index contributed by atoms with van der Waals surface area (Å²) in [4.78, 5) is 16.8. The van der Waals surface area contributed by atoms with Crippen molar-refractivity contribution in [3.8, 4) is 11.5 Å². The highest BCUT2D eigenvalue weighted by Crippen LogP contribution is 2.33. The Balaban J connectivity index is 1.22. The van der Waals surface area contributed by atoms with Gasteiger partial charge in [0, 0.05) is 51.9 Å². The van der Waals surface area contributed by atoms with Gasteiger partial charge in [0.25, 0.3) is 0 Å². The zero-order chi connectivity index (χ0) is 19.6. The second kappa shape index (κ2) is 8.06. The van der Waals surface area contributed by atoms with Crippen molar-refractivity contribution in [2.24, 2.45) is 0 Å². The Kier molecular flexibility index (Phi) is 5.14. The minimum absolute atomic E-state index is 0.329. The molecule has 0 bridgehead atoms. The number of hydrogen-bond donors (Lipinski definition) is 0. The number of piperidine rings is 1. The lowest BCUT2D eigenvalue weighted by atomic mass is 10.1. The van der Waals surface area contributed by atoms with Crippen molar-refractivity contribution in [2.45, 2.75) is 32.7 Å². The molecule has 2 fully saturated rings. The van der Waals surface area contributed by atoms with Gasteiger partial charge >= 0.3 is 0 Å². The number of aromatic nitrogens is 2. The molecule has 154 valence electrons. The van der Waals surface area contributed by atoms with Gasteiger partial charge in [0.05, 0.1) is 0 Å². The fraction of sp³-hybridized carbons (Fsp3) is 0.545. The molecule has 2 saturated heterocycles. The number of benzene rings is 1. The monoisotopic (exact) mass is 395 g/mol. The average Bonchev–Trinajstić information content (AvgIpc) is 3.22. The summed E-state index contributed by atoms with van der Waals surface area (Å²) >= 11 is 0. The third-order valence-electron chi connectivity index (χ3n) is 6.03. The van der Waals surface area contributed by atoms with Crippen molar-refractivity contribution in [2.75, 3.05) is 55.9 Å². The molecule has 0 aliphatic carbocycles. The lowest BCUT2D eigenvalue weighted by molar-refractivity contribution is 0.174. The van der Waals surface area contributed by atoms with Gasteiger partial charge in [0.1, 0.15) is 17.5 Å². The molecule has 29 heavy (non-hydrogen) atoms. The maximum atomic E-state index is 5.51. The van der Waals surface area contributed by atoms with E-state index in [1.807, 2.05) is 13.0 Å². The van der Waals surface area contributed by atoms with Crippen LogP contribution in [0.1, 0.15) is 30.7 Å². The number of hydrogen-bond acceptors (Lipinski definition) is 7. The highest BCUT2D eigenvalue weighted by molar-refractivity contribution is 5.51. The first kappa shape index (κ1) is 18.5. The minimum atomic E-state index is 0.329. The van der Waals surface area contributed by atoms with E-state index >= 15 is 0 Å². The molecule has 0 radical (unpaired) electrons. The molecule has 4 heterocycles. The van der Waals surface area contributed by atoms with Crippen LogP contribution in [0.2, 0.25) is 0 Å². The third kappa shape index (κ3) is 4.10. The number of fused-ring (bicyclic) bond motifs is 1. The Morgan fingerprint density at radius 2 is 1.48 bits per heavy atom. The van der Waals surface area contributed by atoms with Gasteiger partial charge in [-0.3, -0.25) is 4.90 Å². The molecule has 1 aromatic heterocycles. The van der Waals surface area contributed by atoms with Crippen LogP contribution in [0.3, 0.4) is 0 Å². The molecule has 0 atom stereocenters. The summed E-state index contributed by atoms with van der Waals surface area (Å²) in [7, 11) is 0. The van der Waals surface area contributed by atoms with E-state index in [0.717, 1.165) is 74.8 Å². The predicted molar refractivity (Wildman–Crippen MR) is 113 cm³/mol. The smallest absolute Gasteiger partial charge is 0.231 e. The van der Waals surface area contributed by atoms with Crippen LogP contribution in [0, 0.1) is 6.92 Å². The zero-order valence-corrected chi connectivity index (χ0v) is 17.1. The second-order valence-corrected chi connectivity index (χ2v) is 8.13. The first-order chi connectivity index (χ1) is 14.2. The highest BCUT2D eigenvalue weighted by atomic mass is 16.7. The van der Waals surface area contributed by atoms with Crippen molar-refractivity contribution in [1.82, 2.24) is 14.9 Å². The van der Waals surface area contributed by atoms with Gasteiger partial charge in [-0.2, -0.15) is 0 Å². The summed E-state index contributed by atoms with van der Waals surface area (Å²) in [6.45, 7) is 9.51. The number of ether oxygens (including phenoxy) is 2. The highest BCUT2D eigenvalue weighted by Gasteiger charge is 2.22. The standard InChI is InChI=1S/C22H29N5O2/c1-17-23-21(26-7-3-2-4-8-26)14-22(24-17)27-11-9-25(10-12-27)15-18-5-6-19-20(13-18)29-16-28-19/h5-6,13-14H,2-4,7-12,15-16H2,1H3. The number of piperazine rings is 1. The van der Waals surface area contributed by atoms with E-state index in [-0.39, 0.29) is 0 Å². The molecule has 3 aliphatic rings. The largest absolute Gasteiger partial charge is 0.454 e. The Morgan fingerprint density at radius 1 is 0.793 bits per heavy atom. The molecule has 7 nitrogen and oxygen atoms in total. The predicted octanol–water partition coefficient (Wildman–Crippen LogP) is 2.83. The first-order valence-corrected chi connectivity index (χ1v) is 10.7. The number of rotatable bonds is 4. The van der Waals surface area contributed by atoms with Crippen molar-refractivity contribution >= 4 is 11.6 Å². The van der Waals surface area contributed by atoms with E-state index in [2.05, 4.69) is 32.9 Å². The van der Waals surface area contributed by atoms with Gasteiger partial charge < -0.3 is 19.3 Å². The molecule has 2 aromatic rings. The number of anilines is 2. The third-order valence-corrected chi connectivity index (χ3v) is 6.03. The second-order valence-electron chi connectivity index (χ2n) is 8.13. The lowest BCUT2D eigenvalue weighted by Gasteiger charge is -2.36. The Labute approximate surface area is 172 Å². The molecule has 7 heteroatoms. The van der Waals surface area contributed by atoms with Gasteiger partial charge in [-0.1, -0.05) is 6.07 Å². The maximum absolute atomic E-state index is 5.51. The van der Waals surface area contributed by atoms with Crippen LogP contribution in [0.25, 0.3) is 0 Å². The average molecular weight is 396 g/mol. The minimum Gasteiger partial charge on any atom is -0.454 e. The Morgan fingerprint density at radius 3 is 2.24 bits per heavy atom. The van der Waals surface area contributed by atoms with Crippen molar-refractivity contribution in [3.63, 3.8) is 0 Å². The molecule has 5 rings (SSSR count). The SMILES string of the molecule is Cc1nc(N2CCCCC2)cc(N2CCN(Cc3ccc4c(c3)OCO4)CC2)n1. The fourth-order valence-electron chi connectivity index (χ4n) is 4.42. The van der Waals surface area contributed by atoms with Crippen LogP contribution in [0.4, 0.5) is 11.6 Å². The molecular weight excluding hydrogens is 366 g/mol. The quantitative estimate of drug-likeness (QED) is 0.789. The van der Waals surface area contributed by atoms with E-state index in [1.54, 1.807) is 0 Å². The Bertz CT molecular complexity index is 860. The van der Waals surface area contributed by atoms with Crippen LogP contribution in [-0.2, 0) is 6.54 Å². The van der Waals surface area contributed by atoms with Gasteiger partial charge in [0.15, 0.2) is 11.5 Å². The molecule has 0 unspecified atom stereocenters. The molecule has 0 amide bonds. The number of aryl methyl sites for hydroxylation is 1. The zero-order valence-electron chi connectivity index (χ0n) is 17.1. The van der Waals surface area contributed by atoms with Crippen LogP contribution >= 0.6 is 0 Å². The normalized spacial score (nSPS) is 19.6. The summed E-state index contributed by atoms with van der Waals surface area (Å²) in [6.07, 6.45) is 3.85. The van der Waals surface area contributed by atoms with E-state index in [1.165, 1.54) is 24.8 Å². The van der Waals surface area contributed by atoms with Gasteiger partial charge in [-0.25, -0.2) is 9.97 Å². The van der Waals surface area contributed by atoms with E-state index in [4.69, 9.17) is 19.4 Å². The molecule has 0 spiro atoms. The fourth-order valence-corrected chi connectivity index (χ4v) is 4.42. The molecule has 3 aliphatic heterocycles. The first-order valence-electron chi connectivity index (χ1n) is 10.7. The molecule has 1 aromatic carbocycles. The number of nitrogens with zero attached hydrogens (tertiary/aromatic N) is 5. The topological polar surface area (TPSA) is 54.0 Å². The van der Waals surface area contributed by atoms with Crippen LogP contribution in [0.15, 0.2) is 24.3 Å². The molecule has 0 saturated carbocycles. The summed E-state index contributed by atoms with van der Waals surface area (Å²) < 4.78 is 10.9. The van der Waals surface area contributed by atoms with Gasteiger partial charge in [-0.05, 0) is 43.9 Å². The van der Waals surface area contributed by atoms with Crippen LogP contribution in [0.5, 0.6) is 11.5 Å². The lowest BCUT2D eigenvalue weighted by Crippen LogP contribution is -2.46. The van der Waals surface area contributed by atoms with Crippen molar-refractivity contribution < 1.29 is 9.47 Å². The van der Waals surface area contributed by atoms with Gasteiger partial charge in [0.2, 0.25) is 6.79 Å². The van der Waals surface area contributed by atoms with E-state index in [0.29, 0.717) is 6.79 Å². The maximum Gasteiger partial charge on any atom is 0.231 e. The van der Waals surface area contributed by atoms with Crippen LogP contribution < -0.4 is 19.3 Å². The summed E-state index contributed by atoms with van der Waals surface area (Å²) in [6, 6.07) is 8.44. The van der Waals surface area contributed by atoms with Crippen molar-refractivity contribution in [3.05, 3.63) is 35.7 Å². The summed E-state index contributed by atoms with van der Waals surface area (Å²) in [5.41, 5.74) is 1.27. The van der Waals surface area contributed by atoms with Crippen molar-refractivity contribution in [1.29, 1.82) is 0 Å².